The van der Waals surface area contributed by atoms with Crippen LogP contribution in [0.2, 0.25) is 0 Å². The summed E-state index contributed by atoms with van der Waals surface area (Å²) in [5.41, 5.74) is 12.7. The average Bonchev–Trinajstić information content (AvgIpc) is 3.84. The Hall–Kier alpha value is -6.32. The van der Waals surface area contributed by atoms with E-state index in [1.165, 1.54) is 49.4 Å². The molecule has 3 nitrogen and oxygen atoms in total. The molecule has 10 rings (SSSR count). The second-order valence-corrected chi connectivity index (χ2v) is 12.2. The van der Waals surface area contributed by atoms with E-state index in [2.05, 4.69) is 167 Å². The fourth-order valence-electron chi connectivity index (χ4n) is 7.43. The van der Waals surface area contributed by atoms with E-state index in [4.69, 9.17) is 4.42 Å². The molecule has 0 spiro atoms. The fourth-order valence-corrected chi connectivity index (χ4v) is 7.43. The number of fused-ring (bicyclic) bond motifs is 8. The number of para-hydroxylation sites is 2. The zero-order valence-electron chi connectivity index (χ0n) is 25.5. The minimum Gasteiger partial charge on any atom is -0.464 e. The largest absolute Gasteiger partial charge is 0.464 e. The highest BCUT2D eigenvalue weighted by Crippen LogP contribution is 2.40. The van der Waals surface area contributed by atoms with Crippen molar-refractivity contribution < 1.29 is 4.42 Å². The number of benzene rings is 7. The van der Waals surface area contributed by atoms with Gasteiger partial charge in [-0.3, -0.25) is 0 Å². The van der Waals surface area contributed by atoms with Crippen LogP contribution in [-0.2, 0) is 0 Å². The van der Waals surface area contributed by atoms with Crippen LogP contribution in [0.25, 0.3) is 88.2 Å². The monoisotopic (exact) mass is 600 g/mol. The van der Waals surface area contributed by atoms with Crippen LogP contribution >= 0.6 is 0 Å². The minimum atomic E-state index is 0.927. The van der Waals surface area contributed by atoms with Gasteiger partial charge in [-0.15, -0.1) is 0 Å². The van der Waals surface area contributed by atoms with Gasteiger partial charge in [0.1, 0.15) is 5.58 Å². The molecule has 47 heavy (non-hydrogen) atoms. The number of aromatic nitrogens is 2. The predicted octanol–water partition coefficient (Wildman–Crippen LogP) is 12.0. The van der Waals surface area contributed by atoms with E-state index < -0.39 is 0 Å². The Morgan fingerprint density at radius 1 is 0.362 bits per heavy atom. The lowest BCUT2D eigenvalue weighted by atomic mass is 10.00. The van der Waals surface area contributed by atoms with E-state index in [0.29, 0.717) is 0 Å². The van der Waals surface area contributed by atoms with Crippen LogP contribution in [0, 0.1) is 0 Å². The van der Waals surface area contributed by atoms with Crippen molar-refractivity contribution >= 4 is 54.6 Å². The second kappa shape index (κ2) is 10.1. The molecular formula is C44H28N2O. The minimum absolute atomic E-state index is 0.927. The fraction of sp³-hybridized carbons (Fsp3) is 0. The normalized spacial score (nSPS) is 11.8. The van der Waals surface area contributed by atoms with Gasteiger partial charge >= 0.3 is 0 Å². The summed E-state index contributed by atoms with van der Waals surface area (Å²) in [4.78, 5) is 0. The number of hydrogen-bond donors (Lipinski definition) is 0. The van der Waals surface area contributed by atoms with Gasteiger partial charge in [0, 0.05) is 32.9 Å². The van der Waals surface area contributed by atoms with Gasteiger partial charge in [-0.2, -0.15) is 0 Å². The molecule has 0 amide bonds. The van der Waals surface area contributed by atoms with Crippen molar-refractivity contribution in [2.75, 3.05) is 0 Å². The van der Waals surface area contributed by atoms with Gasteiger partial charge in [0.2, 0.25) is 0 Å². The Morgan fingerprint density at radius 3 is 1.70 bits per heavy atom. The summed E-state index contributed by atoms with van der Waals surface area (Å²) in [6, 6.07) is 58.9. The highest BCUT2D eigenvalue weighted by atomic mass is 16.3. The van der Waals surface area contributed by atoms with Crippen molar-refractivity contribution in [3.05, 3.63) is 170 Å². The van der Waals surface area contributed by atoms with Gasteiger partial charge in [-0.1, -0.05) is 91.0 Å². The van der Waals surface area contributed by atoms with E-state index in [9.17, 15) is 0 Å². The van der Waals surface area contributed by atoms with Gasteiger partial charge in [-0.25, -0.2) is 0 Å². The van der Waals surface area contributed by atoms with E-state index in [1.807, 2.05) is 6.07 Å². The Bertz CT molecular complexity index is 2760. The topological polar surface area (TPSA) is 23.0 Å². The van der Waals surface area contributed by atoms with E-state index in [0.717, 1.165) is 38.8 Å². The smallest absolute Gasteiger partial charge is 0.143 e. The summed E-state index contributed by atoms with van der Waals surface area (Å²) in [7, 11) is 0. The van der Waals surface area contributed by atoms with Crippen LogP contribution in [0.4, 0.5) is 0 Å². The molecule has 220 valence electrons. The molecule has 0 unspecified atom stereocenters. The number of rotatable bonds is 4. The third kappa shape index (κ3) is 3.93. The highest BCUT2D eigenvalue weighted by molar-refractivity contribution is 6.20. The van der Waals surface area contributed by atoms with Crippen molar-refractivity contribution in [1.29, 1.82) is 0 Å². The van der Waals surface area contributed by atoms with Crippen LogP contribution in [0.15, 0.2) is 174 Å². The first-order valence-corrected chi connectivity index (χ1v) is 16.0. The molecule has 0 fully saturated rings. The van der Waals surface area contributed by atoms with Gasteiger partial charge in [0.15, 0.2) is 0 Å². The zero-order chi connectivity index (χ0) is 30.9. The molecule has 0 N–H and O–H groups in total. The summed E-state index contributed by atoms with van der Waals surface area (Å²) >= 11 is 0. The van der Waals surface area contributed by atoms with E-state index >= 15 is 0 Å². The molecule has 3 heterocycles. The van der Waals surface area contributed by atoms with Crippen LogP contribution in [0.5, 0.6) is 0 Å². The summed E-state index contributed by atoms with van der Waals surface area (Å²) in [5, 5.41) is 5.93. The van der Waals surface area contributed by atoms with Crippen LogP contribution in [-0.4, -0.2) is 9.13 Å². The summed E-state index contributed by atoms with van der Waals surface area (Å²) < 4.78 is 10.8. The summed E-state index contributed by atoms with van der Waals surface area (Å²) in [5.74, 6) is 0. The third-order valence-electron chi connectivity index (χ3n) is 9.60. The molecular weight excluding hydrogens is 572 g/mol. The molecule has 3 aromatic heterocycles. The number of hydrogen-bond acceptors (Lipinski definition) is 1. The van der Waals surface area contributed by atoms with Crippen LogP contribution < -0.4 is 0 Å². The second-order valence-electron chi connectivity index (χ2n) is 12.2. The molecule has 3 heteroatoms. The lowest BCUT2D eigenvalue weighted by Gasteiger charge is -2.10. The molecule has 0 aliphatic carbocycles. The molecule has 0 aliphatic heterocycles. The first-order chi connectivity index (χ1) is 23.3. The maximum atomic E-state index is 6.10. The zero-order valence-corrected chi connectivity index (χ0v) is 25.5. The Morgan fingerprint density at radius 2 is 0.915 bits per heavy atom. The summed E-state index contributed by atoms with van der Waals surface area (Å²) in [6.45, 7) is 0. The lowest BCUT2D eigenvalue weighted by molar-refractivity contribution is 0.619. The number of furan rings is 1. The Balaban J connectivity index is 1.16. The third-order valence-corrected chi connectivity index (χ3v) is 9.60. The molecule has 7 aromatic carbocycles. The van der Waals surface area contributed by atoms with E-state index in [-0.39, 0.29) is 0 Å². The number of nitrogens with zero attached hydrogens (tertiary/aromatic N) is 2. The average molecular weight is 601 g/mol. The lowest BCUT2D eigenvalue weighted by Crippen LogP contribution is -1.94. The molecule has 0 aliphatic rings. The van der Waals surface area contributed by atoms with Crippen molar-refractivity contribution in [1.82, 2.24) is 9.13 Å². The van der Waals surface area contributed by atoms with Crippen molar-refractivity contribution in [3.63, 3.8) is 0 Å². The van der Waals surface area contributed by atoms with Crippen molar-refractivity contribution in [2.24, 2.45) is 0 Å². The molecule has 0 atom stereocenters. The SMILES string of the molecule is c1ccc(-c2ccc(-n3c4ccccc4c4cc(-c5ccc6c(c5)c5c7occc7ccc5n6-c5ccccc5)ccc43)cc2)cc1. The first kappa shape index (κ1) is 26.0. The van der Waals surface area contributed by atoms with Gasteiger partial charge in [-0.05, 0) is 95.1 Å². The summed E-state index contributed by atoms with van der Waals surface area (Å²) in [6.07, 6.45) is 1.79. The van der Waals surface area contributed by atoms with Crippen molar-refractivity contribution in [2.45, 2.75) is 0 Å². The first-order valence-electron chi connectivity index (χ1n) is 16.0. The van der Waals surface area contributed by atoms with Gasteiger partial charge in [0.05, 0.1) is 33.7 Å². The van der Waals surface area contributed by atoms with Crippen LogP contribution in [0.1, 0.15) is 0 Å². The maximum Gasteiger partial charge on any atom is 0.143 e. The predicted molar refractivity (Wildman–Crippen MR) is 196 cm³/mol. The van der Waals surface area contributed by atoms with Gasteiger partial charge < -0.3 is 13.6 Å². The molecule has 0 saturated carbocycles. The molecule has 0 bridgehead atoms. The van der Waals surface area contributed by atoms with E-state index in [1.54, 1.807) is 6.26 Å². The maximum absolute atomic E-state index is 6.10. The van der Waals surface area contributed by atoms with Crippen LogP contribution in [0.3, 0.4) is 0 Å². The standard InChI is InChI=1S/C44H28N2O/c1-3-9-29(10-4-1)30-15-20-35(21-16-30)45-39-14-8-7-13-36(39)37-27-32(18-22-40(37)45)33-19-23-41-38(28-33)43-42(24-17-31-25-26-47-44(31)43)46(41)34-11-5-2-6-12-34/h1-28H. The molecule has 0 saturated heterocycles. The highest BCUT2D eigenvalue weighted by Gasteiger charge is 2.18. The Kier molecular flexibility index (Phi) is 5.57. The van der Waals surface area contributed by atoms with Crippen molar-refractivity contribution in [3.8, 4) is 33.6 Å². The molecule has 10 aromatic rings. The Labute approximate surface area is 271 Å². The quantitative estimate of drug-likeness (QED) is 0.197. The van der Waals surface area contributed by atoms with Gasteiger partial charge in [0.25, 0.3) is 0 Å². The molecule has 0 radical (unpaired) electrons.